The lowest BCUT2D eigenvalue weighted by Gasteiger charge is -2.05. The van der Waals surface area contributed by atoms with Crippen LogP contribution in [0.5, 0.6) is 0 Å². The molecule has 1 aromatic carbocycles. The van der Waals surface area contributed by atoms with Crippen molar-refractivity contribution in [1.29, 1.82) is 0 Å². The van der Waals surface area contributed by atoms with Crippen molar-refractivity contribution in [1.82, 2.24) is 10.1 Å². The molecule has 22 heavy (non-hydrogen) atoms. The third-order valence-corrected chi connectivity index (χ3v) is 3.98. The summed E-state index contributed by atoms with van der Waals surface area (Å²) >= 11 is 0. The quantitative estimate of drug-likeness (QED) is 0.939. The van der Waals surface area contributed by atoms with Crippen molar-refractivity contribution in [3.63, 3.8) is 0 Å². The van der Waals surface area contributed by atoms with E-state index in [0.717, 1.165) is 43.5 Å². The molecule has 1 N–H and O–H groups in total. The van der Waals surface area contributed by atoms with Gasteiger partial charge in [0.1, 0.15) is 6.10 Å². The first-order chi connectivity index (χ1) is 10.8. The van der Waals surface area contributed by atoms with Gasteiger partial charge in [-0.15, -0.1) is 0 Å². The number of benzene rings is 1. The highest BCUT2D eigenvalue weighted by atomic mass is 16.5. The van der Waals surface area contributed by atoms with Gasteiger partial charge in [-0.25, -0.2) is 0 Å². The van der Waals surface area contributed by atoms with E-state index in [0.29, 0.717) is 11.7 Å². The zero-order chi connectivity index (χ0) is 14.9. The maximum Gasteiger partial charge on any atom is 0.256 e. The Balaban J connectivity index is 1.52. The fourth-order valence-electron chi connectivity index (χ4n) is 2.58. The molecule has 1 unspecified atom stereocenters. The van der Waals surface area contributed by atoms with E-state index in [-0.39, 0.29) is 17.9 Å². The predicted molar refractivity (Wildman–Crippen MR) is 79.0 cm³/mol. The number of hydrogen-bond acceptors (Lipinski definition) is 5. The average molecular weight is 299 g/mol. The summed E-state index contributed by atoms with van der Waals surface area (Å²) in [7, 11) is 0. The van der Waals surface area contributed by atoms with Crippen molar-refractivity contribution < 1.29 is 14.1 Å². The van der Waals surface area contributed by atoms with Crippen LogP contribution in [0.2, 0.25) is 0 Å². The van der Waals surface area contributed by atoms with Crippen LogP contribution in [-0.2, 0) is 9.53 Å². The summed E-state index contributed by atoms with van der Waals surface area (Å²) in [5.74, 6) is 1.32. The minimum absolute atomic E-state index is 0.0843. The normalized spacial score (nSPS) is 21.0. The van der Waals surface area contributed by atoms with E-state index < -0.39 is 0 Å². The Morgan fingerprint density at radius 1 is 1.27 bits per heavy atom. The molecule has 4 rings (SSSR count). The molecule has 0 radical (unpaired) electrons. The van der Waals surface area contributed by atoms with Gasteiger partial charge in [-0.05, 0) is 37.8 Å². The van der Waals surface area contributed by atoms with Gasteiger partial charge in [-0.3, -0.25) is 4.79 Å². The number of nitrogens with one attached hydrogen (secondary N) is 1. The summed E-state index contributed by atoms with van der Waals surface area (Å²) < 4.78 is 10.8. The van der Waals surface area contributed by atoms with Gasteiger partial charge in [-0.2, -0.15) is 4.98 Å². The highest BCUT2D eigenvalue weighted by Gasteiger charge is 2.29. The van der Waals surface area contributed by atoms with E-state index in [1.807, 2.05) is 24.3 Å². The number of nitrogens with zero attached hydrogens (tertiary/aromatic N) is 2. The third kappa shape index (κ3) is 2.74. The van der Waals surface area contributed by atoms with E-state index in [2.05, 4.69) is 15.5 Å². The number of anilines is 1. The molecule has 0 spiro atoms. The first-order valence-electron chi connectivity index (χ1n) is 7.66. The maximum absolute atomic E-state index is 11.8. The Morgan fingerprint density at radius 2 is 2.18 bits per heavy atom. The Morgan fingerprint density at radius 3 is 2.95 bits per heavy atom. The lowest BCUT2D eigenvalue weighted by Crippen LogP contribution is -2.13. The molecule has 2 heterocycles. The van der Waals surface area contributed by atoms with Gasteiger partial charge < -0.3 is 14.6 Å². The minimum Gasteiger partial charge on any atom is -0.368 e. The lowest BCUT2D eigenvalue weighted by molar-refractivity contribution is -0.117. The fourth-order valence-corrected chi connectivity index (χ4v) is 2.58. The van der Waals surface area contributed by atoms with E-state index in [1.54, 1.807) is 0 Å². The van der Waals surface area contributed by atoms with Crippen LogP contribution >= 0.6 is 0 Å². The maximum atomic E-state index is 11.8. The Bertz CT molecular complexity index is 687. The SMILES string of the molecule is O=C(Nc1cccc(-c2noc(C3CCCO3)n2)c1)C1CC1. The number of hydrogen-bond donors (Lipinski definition) is 1. The molecule has 6 heteroatoms. The summed E-state index contributed by atoms with van der Waals surface area (Å²) in [6.07, 6.45) is 3.82. The average Bonchev–Trinajstić information content (AvgIpc) is 3.04. The molecule has 1 saturated carbocycles. The van der Waals surface area contributed by atoms with Crippen LogP contribution in [0.4, 0.5) is 5.69 Å². The summed E-state index contributed by atoms with van der Waals surface area (Å²) in [4.78, 5) is 16.2. The molecule has 1 aromatic heterocycles. The summed E-state index contributed by atoms with van der Waals surface area (Å²) in [6.45, 7) is 0.741. The number of amides is 1. The van der Waals surface area contributed by atoms with Crippen molar-refractivity contribution >= 4 is 11.6 Å². The van der Waals surface area contributed by atoms with Crippen LogP contribution in [0.3, 0.4) is 0 Å². The number of carbonyl (C=O) groups is 1. The highest BCUT2D eigenvalue weighted by molar-refractivity contribution is 5.94. The highest BCUT2D eigenvalue weighted by Crippen LogP contribution is 2.31. The molecule has 2 fully saturated rings. The zero-order valence-corrected chi connectivity index (χ0v) is 12.1. The molecular weight excluding hydrogens is 282 g/mol. The van der Waals surface area contributed by atoms with E-state index in [9.17, 15) is 4.79 Å². The Labute approximate surface area is 127 Å². The third-order valence-electron chi connectivity index (χ3n) is 3.98. The lowest BCUT2D eigenvalue weighted by atomic mass is 10.2. The van der Waals surface area contributed by atoms with Crippen LogP contribution in [0.1, 0.15) is 37.7 Å². The van der Waals surface area contributed by atoms with Crippen LogP contribution in [0, 0.1) is 5.92 Å². The van der Waals surface area contributed by atoms with Crippen LogP contribution in [0.15, 0.2) is 28.8 Å². The largest absolute Gasteiger partial charge is 0.368 e. The van der Waals surface area contributed by atoms with Crippen LogP contribution in [0.25, 0.3) is 11.4 Å². The standard InChI is InChI=1S/C16H17N3O3/c20-15(10-6-7-10)17-12-4-1-3-11(9-12)14-18-16(22-19-14)13-5-2-8-21-13/h1,3-4,9-10,13H,2,5-8H2,(H,17,20). The van der Waals surface area contributed by atoms with Gasteiger partial charge in [-0.1, -0.05) is 17.3 Å². The number of rotatable bonds is 4. The van der Waals surface area contributed by atoms with Gasteiger partial charge in [0.2, 0.25) is 11.7 Å². The Hall–Kier alpha value is -2.21. The molecule has 1 amide bonds. The number of aromatic nitrogens is 2. The molecule has 114 valence electrons. The smallest absolute Gasteiger partial charge is 0.256 e. The molecule has 2 aromatic rings. The van der Waals surface area contributed by atoms with Gasteiger partial charge in [0, 0.05) is 23.8 Å². The van der Waals surface area contributed by atoms with Crippen LogP contribution < -0.4 is 5.32 Å². The van der Waals surface area contributed by atoms with E-state index >= 15 is 0 Å². The molecular formula is C16H17N3O3. The second-order valence-electron chi connectivity index (χ2n) is 5.80. The van der Waals surface area contributed by atoms with Gasteiger partial charge in [0.25, 0.3) is 5.89 Å². The number of ether oxygens (including phenoxy) is 1. The van der Waals surface area contributed by atoms with Gasteiger partial charge in [0.05, 0.1) is 0 Å². The van der Waals surface area contributed by atoms with Crippen molar-refractivity contribution in [2.45, 2.75) is 31.8 Å². The molecule has 6 nitrogen and oxygen atoms in total. The summed E-state index contributed by atoms with van der Waals surface area (Å²) in [6, 6.07) is 7.51. The van der Waals surface area contributed by atoms with Gasteiger partial charge >= 0.3 is 0 Å². The van der Waals surface area contributed by atoms with Crippen molar-refractivity contribution in [2.24, 2.45) is 5.92 Å². The van der Waals surface area contributed by atoms with E-state index in [1.165, 1.54) is 0 Å². The van der Waals surface area contributed by atoms with Gasteiger partial charge in [0.15, 0.2) is 0 Å². The van der Waals surface area contributed by atoms with Crippen molar-refractivity contribution in [3.05, 3.63) is 30.2 Å². The van der Waals surface area contributed by atoms with Crippen LogP contribution in [-0.4, -0.2) is 22.7 Å². The predicted octanol–water partition coefficient (Wildman–Crippen LogP) is 2.94. The van der Waals surface area contributed by atoms with Crippen molar-refractivity contribution in [2.75, 3.05) is 11.9 Å². The second kappa shape index (κ2) is 5.53. The molecule has 1 aliphatic heterocycles. The molecule has 1 aliphatic carbocycles. The fraction of sp³-hybridized carbons (Fsp3) is 0.438. The molecule has 2 aliphatic rings. The zero-order valence-electron chi connectivity index (χ0n) is 12.1. The molecule has 0 bridgehead atoms. The van der Waals surface area contributed by atoms with Crippen molar-refractivity contribution in [3.8, 4) is 11.4 Å². The number of carbonyl (C=O) groups excluding carboxylic acids is 1. The van der Waals surface area contributed by atoms with E-state index in [4.69, 9.17) is 9.26 Å². The summed E-state index contributed by atoms with van der Waals surface area (Å²) in [5.41, 5.74) is 1.58. The molecule has 1 atom stereocenters. The Kier molecular flexibility index (Phi) is 3.38. The molecule has 1 saturated heterocycles. The first-order valence-corrected chi connectivity index (χ1v) is 7.66. The second-order valence-corrected chi connectivity index (χ2v) is 5.80. The first kappa shape index (κ1) is 13.5. The minimum atomic E-state index is -0.0843. The monoisotopic (exact) mass is 299 g/mol. The summed E-state index contributed by atoms with van der Waals surface area (Å²) in [5, 5.41) is 6.95. The topological polar surface area (TPSA) is 77.2 Å².